The molecule has 7 rings (SSSR count). The van der Waals surface area contributed by atoms with E-state index in [1.54, 1.807) is 27.7 Å². The van der Waals surface area contributed by atoms with Gasteiger partial charge in [0.1, 0.15) is 28.7 Å². The summed E-state index contributed by atoms with van der Waals surface area (Å²) in [4.78, 5) is 54.0. The van der Waals surface area contributed by atoms with Crippen LogP contribution in [0, 0.1) is 67.7 Å². The number of fused-ring (bicyclic) bond motifs is 3. The van der Waals surface area contributed by atoms with E-state index in [0.29, 0.717) is 67.6 Å². The average molecular weight is 911 g/mol. The van der Waals surface area contributed by atoms with Gasteiger partial charge in [-0.25, -0.2) is 9.59 Å². The summed E-state index contributed by atoms with van der Waals surface area (Å²) < 4.78 is 29.6. The lowest BCUT2D eigenvalue weighted by molar-refractivity contribution is -0.162. The Kier molecular flexibility index (Phi) is 12.7. The molecule has 0 saturated carbocycles. The zero-order chi connectivity index (χ0) is 48.2. The molecule has 0 fully saturated rings. The molecular formula is C49H62N6O11. The number of benzene rings is 3. The maximum absolute atomic E-state index is 13.7. The third-order valence-corrected chi connectivity index (χ3v) is 14.4. The summed E-state index contributed by atoms with van der Waals surface area (Å²) in [5, 5.41) is 40.7. The molecule has 66 heavy (non-hydrogen) atoms. The number of nitrogens with one attached hydrogen (secondary N) is 3. The third kappa shape index (κ3) is 8.55. The Balaban J connectivity index is 1.03. The van der Waals surface area contributed by atoms with E-state index in [4.69, 9.17) is 23.7 Å². The fourth-order valence-corrected chi connectivity index (χ4v) is 9.29. The van der Waals surface area contributed by atoms with E-state index in [1.165, 1.54) is 0 Å². The van der Waals surface area contributed by atoms with Crippen LogP contribution in [0.4, 0.5) is 17.8 Å². The molecule has 0 saturated heterocycles. The molecule has 0 spiro atoms. The first-order chi connectivity index (χ1) is 31.0. The number of aromatic hydroxyl groups is 3. The average Bonchev–Trinajstić information content (AvgIpc) is 3.29. The second kappa shape index (κ2) is 17.7. The highest BCUT2D eigenvalue weighted by atomic mass is 16.6. The Morgan fingerprint density at radius 2 is 0.833 bits per heavy atom. The topological polar surface area (TPSA) is 233 Å². The molecule has 17 heteroatoms. The largest absolute Gasteiger partial charge is 0.507 e. The van der Waals surface area contributed by atoms with E-state index in [-0.39, 0.29) is 55.3 Å². The highest BCUT2D eigenvalue weighted by Gasteiger charge is 2.44. The Morgan fingerprint density at radius 3 is 1.24 bits per heavy atom. The lowest BCUT2D eigenvalue weighted by atomic mass is 9.70. The summed E-state index contributed by atoms with van der Waals surface area (Å²) >= 11 is 0. The minimum absolute atomic E-state index is 0.0150. The van der Waals surface area contributed by atoms with Crippen LogP contribution < -0.4 is 25.4 Å². The Bertz CT molecular complexity index is 2370. The fourth-order valence-electron chi connectivity index (χ4n) is 9.29. The van der Waals surface area contributed by atoms with Crippen molar-refractivity contribution in [2.75, 3.05) is 36.1 Å². The molecule has 1 aliphatic carbocycles. The van der Waals surface area contributed by atoms with Gasteiger partial charge in [0.25, 0.3) is 0 Å². The molecule has 2 aliphatic heterocycles. The second-order valence-electron chi connectivity index (χ2n) is 18.7. The van der Waals surface area contributed by atoms with Crippen molar-refractivity contribution in [1.29, 1.82) is 0 Å². The Hall–Kier alpha value is -6.52. The number of hydrogen-bond donors (Lipinski definition) is 6. The van der Waals surface area contributed by atoms with Crippen LogP contribution in [0.5, 0.6) is 28.7 Å². The zero-order valence-corrected chi connectivity index (χ0v) is 40.0. The molecule has 354 valence electrons. The van der Waals surface area contributed by atoms with Gasteiger partial charge in [-0.15, -0.1) is 0 Å². The smallest absolute Gasteiger partial charge is 0.351 e. The molecule has 0 bridgehead atoms. The van der Waals surface area contributed by atoms with Crippen molar-refractivity contribution in [3.63, 3.8) is 0 Å². The number of anilines is 3. The van der Waals surface area contributed by atoms with Crippen LogP contribution in [-0.2, 0) is 54.3 Å². The number of rotatable bonds is 12. The van der Waals surface area contributed by atoms with Gasteiger partial charge in [-0.05, 0) is 176 Å². The lowest BCUT2D eigenvalue weighted by Gasteiger charge is -2.35. The van der Waals surface area contributed by atoms with Gasteiger partial charge in [0, 0.05) is 24.0 Å². The van der Waals surface area contributed by atoms with Gasteiger partial charge in [-0.1, -0.05) is 0 Å². The van der Waals surface area contributed by atoms with Gasteiger partial charge in [-0.2, -0.15) is 15.0 Å². The summed E-state index contributed by atoms with van der Waals surface area (Å²) in [6.45, 7) is 20.9. The number of ether oxygens (including phenoxy) is 5. The predicted octanol–water partition coefficient (Wildman–Crippen LogP) is 7.26. The molecule has 3 aromatic carbocycles. The van der Waals surface area contributed by atoms with E-state index in [2.05, 4.69) is 30.9 Å². The molecule has 3 atom stereocenters. The number of nitrogens with zero attached hydrogens (tertiary/aromatic N) is 3. The minimum Gasteiger partial charge on any atom is -0.507 e. The molecule has 4 aromatic rings. The first-order valence-corrected chi connectivity index (χ1v) is 22.3. The van der Waals surface area contributed by atoms with Crippen LogP contribution in [0.2, 0.25) is 0 Å². The summed E-state index contributed by atoms with van der Waals surface area (Å²) in [5.41, 5.74) is 7.30. The van der Waals surface area contributed by atoms with Crippen LogP contribution in [-0.4, -0.2) is 79.6 Å². The van der Waals surface area contributed by atoms with Crippen molar-refractivity contribution in [3.05, 3.63) is 72.3 Å². The highest BCUT2D eigenvalue weighted by molar-refractivity contribution is 5.82. The van der Waals surface area contributed by atoms with Gasteiger partial charge in [0.15, 0.2) is 20.2 Å². The number of hydrogen-bond acceptors (Lipinski definition) is 17. The molecule has 17 nitrogen and oxygen atoms in total. The number of esters is 3. The minimum atomic E-state index is -1.31. The molecule has 3 heterocycles. The van der Waals surface area contributed by atoms with E-state index >= 15 is 0 Å². The zero-order valence-electron chi connectivity index (χ0n) is 40.0. The van der Waals surface area contributed by atoms with Crippen LogP contribution in [0.25, 0.3) is 0 Å². The van der Waals surface area contributed by atoms with Gasteiger partial charge in [-0.3, -0.25) is 4.79 Å². The van der Waals surface area contributed by atoms with Crippen molar-refractivity contribution < 1.29 is 53.4 Å². The Labute approximate surface area is 385 Å². The van der Waals surface area contributed by atoms with Gasteiger partial charge in [0.05, 0.1) is 5.41 Å². The first-order valence-electron chi connectivity index (χ1n) is 22.3. The number of carbonyl (C=O) groups excluding carboxylic acids is 3. The molecule has 0 amide bonds. The molecular weight excluding hydrogens is 849 g/mol. The normalized spacial score (nSPS) is 20.7. The number of phenols is 3. The maximum Gasteiger partial charge on any atom is 0.351 e. The standard InChI is InChI=1S/C49H62N6O11/c1-23-24(2)36(56)31(9)35-19-47(10,16-13-32(23)35)41(59)62-20-50-44-53-45(51-21-63-42(60)48(11)17-14-33-29(7)37(57)25(3)27(5)39(33)65-48)55-46(54-44)52-22-64-43(61)49(12)18-15-34-30(8)38(58)26(4)28(6)40(34)66-49/h56-58H,13-22H2,1-12H3,(H3,50,51,52,53,54,55). The van der Waals surface area contributed by atoms with E-state index < -0.39 is 34.5 Å². The Morgan fingerprint density at radius 1 is 0.485 bits per heavy atom. The van der Waals surface area contributed by atoms with Crippen LogP contribution in [0.15, 0.2) is 0 Å². The molecule has 1 aromatic heterocycles. The van der Waals surface area contributed by atoms with Crippen molar-refractivity contribution >= 4 is 35.8 Å². The van der Waals surface area contributed by atoms with Gasteiger partial charge >= 0.3 is 17.9 Å². The van der Waals surface area contributed by atoms with Crippen molar-refractivity contribution in [1.82, 2.24) is 15.0 Å². The molecule has 6 N–H and O–H groups in total. The first kappa shape index (κ1) is 47.4. The van der Waals surface area contributed by atoms with Crippen molar-refractivity contribution in [2.24, 2.45) is 5.41 Å². The molecule has 3 unspecified atom stereocenters. The fraction of sp³-hybridized carbons (Fsp3) is 0.510. The van der Waals surface area contributed by atoms with Crippen LogP contribution in [0.1, 0.15) is 112 Å². The highest BCUT2D eigenvalue weighted by Crippen LogP contribution is 2.46. The van der Waals surface area contributed by atoms with E-state index in [0.717, 1.165) is 61.2 Å². The molecule has 0 radical (unpaired) electrons. The van der Waals surface area contributed by atoms with Gasteiger partial charge < -0.3 is 55.0 Å². The lowest BCUT2D eigenvalue weighted by Crippen LogP contribution is -2.46. The monoisotopic (exact) mass is 910 g/mol. The number of carbonyl (C=O) groups is 3. The van der Waals surface area contributed by atoms with E-state index in [1.807, 2.05) is 55.4 Å². The summed E-state index contributed by atoms with van der Waals surface area (Å²) in [6, 6.07) is 0. The van der Waals surface area contributed by atoms with Gasteiger partial charge in [0.2, 0.25) is 29.0 Å². The quantitative estimate of drug-likeness (QED) is 0.0466. The third-order valence-electron chi connectivity index (χ3n) is 14.4. The maximum atomic E-state index is 13.7. The SMILES string of the molecule is Cc1c(C)c2c(c(C)c1O)CC(C)(C(=O)OCNc1nc(NCOC(=O)C3(C)CCc4c(C)c(O)c(C)c(C)c4O3)nc(NCOC(=O)C3(C)CCc4c(C)c(O)c(C)c(C)c4O3)n1)CC2. The number of aromatic nitrogens is 3. The number of phenolic OH excluding ortho intramolecular Hbond substituents is 3. The van der Waals surface area contributed by atoms with Crippen molar-refractivity contribution in [3.8, 4) is 28.7 Å². The second-order valence-corrected chi connectivity index (χ2v) is 18.7. The van der Waals surface area contributed by atoms with Crippen LogP contribution in [0.3, 0.4) is 0 Å². The summed E-state index contributed by atoms with van der Waals surface area (Å²) in [7, 11) is 0. The van der Waals surface area contributed by atoms with Crippen molar-refractivity contribution in [2.45, 2.75) is 139 Å². The van der Waals surface area contributed by atoms with Crippen LogP contribution >= 0.6 is 0 Å². The van der Waals surface area contributed by atoms with E-state index in [9.17, 15) is 29.7 Å². The molecule has 3 aliphatic rings. The summed E-state index contributed by atoms with van der Waals surface area (Å²) in [5.74, 6) is 0.0418. The summed E-state index contributed by atoms with van der Waals surface area (Å²) in [6.07, 6.45) is 3.27. The predicted molar refractivity (Wildman–Crippen MR) is 245 cm³/mol.